The molecule has 3 saturated heterocycles. The van der Waals surface area contributed by atoms with Gasteiger partial charge in [0.05, 0.1) is 17.6 Å². The van der Waals surface area contributed by atoms with Gasteiger partial charge in [0.25, 0.3) is 0 Å². The highest BCUT2D eigenvalue weighted by atomic mass is 19.1. The van der Waals surface area contributed by atoms with Crippen molar-refractivity contribution in [3.8, 4) is 11.3 Å². The van der Waals surface area contributed by atoms with Crippen LogP contribution in [-0.4, -0.2) is 97.3 Å². The Labute approximate surface area is 322 Å². The number of carbonyl (C=O) groups is 3. The first kappa shape index (κ1) is 36.9. The van der Waals surface area contributed by atoms with Crippen LogP contribution in [0, 0.1) is 24.5 Å². The quantitative estimate of drug-likeness (QED) is 0.168. The van der Waals surface area contributed by atoms with Gasteiger partial charge in [-0.15, -0.1) is 0 Å². The van der Waals surface area contributed by atoms with Crippen LogP contribution in [0.1, 0.15) is 44.1 Å². The maximum atomic E-state index is 15.1. The number of pyridine rings is 1. The van der Waals surface area contributed by atoms with Crippen molar-refractivity contribution in [3.63, 3.8) is 0 Å². The molecule has 3 N–H and O–H groups in total. The first-order chi connectivity index (χ1) is 27.0. The number of rotatable bonds is 10. The molecule has 1 atom stereocenters. The average molecular weight is 764 g/mol. The highest BCUT2D eigenvalue weighted by molar-refractivity contribution is 6.01. The van der Waals surface area contributed by atoms with E-state index < -0.39 is 17.7 Å². The van der Waals surface area contributed by atoms with Crippen LogP contribution < -0.4 is 20.9 Å². The van der Waals surface area contributed by atoms with Gasteiger partial charge in [0.15, 0.2) is 11.6 Å². The van der Waals surface area contributed by atoms with Gasteiger partial charge in [0.2, 0.25) is 23.7 Å². The summed E-state index contributed by atoms with van der Waals surface area (Å²) in [6.45, 7) is 10.6. The number of amides is 3. The van der Waals surface area contributed by atoms with E-state index in [9.17, 15) is 18.8 Å². The molecule has 1 unspecified atom stereocenters. The second-order valence-electron chi connectivity index (χ2n) is 14.9. The zero-order valence-electron chi connectivity index (χ0n) is 31.4. The number of anilines is 4. The fourth-order valence-electron chi connectivity index (χ4n) is 7.68. The molecule has 0 spiro atoms. The molecule has 3 fully saturated rings. The summed E-state index contributed by atoms with van der Waals surface area (Å²) in [5, 5.41) is 8.59. The Kier molecular flexibility index (Phi) is 10.1. The third kappa shape index (κ3) is 7.60. The molecule has 16 heteroatoms. The zero-order valence-corrected chi connectivity index (χ0v) is 31.4. The number of imide groups is 1. The maximum Gasteiger partial charge on any atom is 0.249 e. The summed E-state index contributed by atoms with van der Waals surface area (Å²) < 4.78 is 32.0. The van der Waals surface area contributed by atoms with Crippen LogP contribution >= 0.6 is 0 Å². The van der Waals surface area contributed by atoms with Crippen molar-refractivity contribution in [2.75, 3.05) is 54.8 Å². The van der Waals surface area contributed by atoms with E-state index in [0.717, 1.165) is 36.2 Å². The third-order valence-electron chi connectivity index (χ3n) is 10.7. The zero-order chi connectivity index (χ0) is 39.1. The summed E-state index contributed by atoms with van der Waals surface area (Å²) >= 11 is 0. The molecule has 3 aliphatic rings. The smallest absolute Gasteiger partial charge is 0.249 e. The minimum Gasteiger partial charge on any atom is -0.374 e. The summed E-state index contributed by atoms with van der Waals surface area (Å²) in [7, 11) is 0. The lowest BCUT2D eigenvalue weighted by Crippen LogP contribution is -2.57. The molecule has 56 heavy (non-hydrogen) atoms. The number of nitrogens with zero attached hydrogens (tertiary/aromatic N) is 8. The van der Waals surface area contributed by atoms with E-state index in [-0.39, 0.29) is 52.4 Å². The van der Waals surface area contributed by atoms with Gasteiger partial charge in [0, 0.05) is 81.4 Å². The Hall–Kier alpha value is -6.03. The molecule has 6 heterocycles. The van der Waals surface area contributed by atoms with Gasteiger partial charge in [-0.05, 0) is 75.2 Å². The van der Waals surface area contributed by atoms with Gasteiger partial charge < -0.3 is 25.0 Å². The van der Waals surface area contributed by atoms with Crippen molar-refractivity contribution >= 4 is 51.9 Å². The van der Waals surface area contributed by atoms with E-state index in [4.69, 9.17) is 0 Å². The molecular formula is C40H43F2N11O3. The molecule has 5 aromatic rings. The Morgan fingerprint density at radius 2 is 1.71 bits per heavy atom. The molecule has 2 aromatic carbocycles. The summed E-state index contributed by atoms with van der Waals surface area (Å²) in [6, 6.07) is 14.1. The predicted molar refractivity (Wildman–Crippen MR) is 207 cm³/mol. The number of halogens is 2. The van der Waals surface area contributed by atoms with E-state index in [1.807, 2.05) is 66.6 Å². The number of aryl methyl sites for hydroxylation is 1. The second-order valence-corrected chi connectivity index (χ2v) is 14.9. The fraction of sp³-hybridized carbons (Fsp3) is 0.375. The lowest BCUT2D eigenvalue weighted by molar-refractivity contribution is -0.138. The predicted octanol–water partition coefficient (Wildman–Crippen LogP) is 4.80. The number of fused-ring (bicyclic) bond motifs is 1. The largest absolute Gasteiger partial charge is 0.374 e. The second kappa shape index (κ2) is 15.2. The number of hydrogen-bond acceptors (Lipinski definition) is 11. The molecule has 3 aromatic heterocycles. The highest BCUT2D eigenvalue weighted by Gasteiger charge is 2.36. The van der Waals surface area contributed by atoms with Gasteiger partial charge in [-0.1, -0.05) is 6.07 Å². The van der Waals surface area contributed by atoms with Crippen LogP contribution in [0.4, 0.5) is 31.9 Å². The summed E-state index contributed by atoms with van der Waals surface area (Å²) in [6.07, 6.45) is 3.61. The van der Waals surface area contributed by atoms with E-state index >= 15 is 4.39 Å². The first-order valence-electron chi connectivity index (χ1n) is 18.9. The van der Waals surface area contributed by atoms with E-state index in [1.165, 1.54) is 6.07 Å². The lowest BCUT2D eigenvalue weighted by Gasteiger charge is -2.44. The summed E-state index contributed by atoms with van der Waals surface area (Å²) in [5.74, 6) is -0.350. The van der Waals surface area contributed by atoms with Gasteiger partial charge in [-0.3, -0.25) is 24.6 Å². The number of aromatic nitrogens is 5. The van der Waals surface area contributed by atoms with Gasteiger partial charge in [0.1, 0.15) is 28.9 Å². The van der Waals surface area contributed by atoms with Crippen LogP contribution in [0.15, 0.2) is 60.9 Å². The SMILES string of the molecule is Cc1nc2c(F)cc(-c3nc(Nc4ccc(CN5CCN(C(=O)C6CN(c7ccc(NC8CCC(=O)NC8=O)cc7)C6)CC5)cn4)ncc3F)cc2n1C(C)C. The van der Waals surface area contributed by atoms with Crippen molar-refractivity contribution in [2.24, 2.45) is 5.92 Å². The fourth-order valence-corrected chi connectivity index (χ4v) is 7.68. The number of nitrogens with one attached hydrogen (secondary N) is 3. The Balaban J connectivity index is 0.807. The normalized spacial score (nSPS) is 18.0. The van der Waals surface area contributed by atoms with Crippen LogP contribution in [0.3, 0.4) is 0 Å². The molecule has 8 rings (SSSR count). The van der Waals surface area contributed by atoms with Crippen molar-refractivity contribution in [2.45, 2.75) is 52.2 Å². The summed E-state index contributed by atoms with van der Waals surface area (Å²) in [4.78, 5) is 60.6. The van der Waals surface area contributed by atoms with Gasteiger partial charge >= 0.3 is 0 Å². The van der Waals surface area contributed by atoms with Gasteiger partial charge in [-0.2, -0.15) is 0 Å². The number of piperazine rings is 1. The van der Waals surface area contributed by atoms with Crippen molar-refractivity contribution in [1.29, 1.82) is 0 Å². The minimum atomic E-state index is -0.674. The van der Waals surface area contributed by atoms with Crippen molar-refractivity contribution in [3.05, 3.63) is 83.9 Å². The first-order valence-corrected chi connectivity index (χ1v) is 18.9. The Bertz CT molecular complexity index is 2280. The minimum absolute atomic E-state index is 0.0331. The Morgan fingerprint density at radius 3 is 2.41 bits per heavy atom. The number of benzene rings is 2. The molecule has 0 aliphatic carbocycles. The molecule has 0 radical (unpaired) electrons. The van der Waals surface area contributed by atoms with E-state index in [0.29, 0.717) is 62.7 Å². The van der Waals surface area contributed by atoms with Crippen molar-refractivity contribution < 1.29 is 23.2 Å². The molecule has 0 saturated carbocycles. The molecule has 290 valence electrons. The van der Waals surface area contributed by atoms with E-state index in [2.05, 4.69) is 45.7 Å². The third-order valence-corrected chi connectivity index (χ3v) is 10.7. The molecule has 0 bridgehead atoms. The number of imidazole rings is 1. The van der Waals surface area contributed by atoms with E-state index in [1.54, 1.807) is 12.3 Å². The lowest BCUT2D eigenvalue weighted by atomic mass is 9.97. The number of carbonyl (C=O) groups excluding carboxylic acids is 3. The van der Waals surface area contributed by atoms with Crippen LogP contribution in [0.2, 0.25) is 0 Å². The highest BCUT2D eigenvalue weighted by Crippen LogP contribution is 2.31. The number of hydrogen-bond donors (Lipinski definition) is 3. The standard InChI is InChI=1S/C40H43F2N11O3/c1-23(2)53-24(3)45-37-30(41)16-26(17-33(37)53)36-31(42)19-44-40(49-36)47-34-10-4-25(18-43-34)20-50-12-14-51(15-13-50)39(56)27-21-52(22-27)29-7-5-28(6-8-29)46-32-9-11-35(54)48-38(32)55/h4-8,10,16-19,23,27,32,46H,9,11-15,20-22H2,1-3H3,(H,48,54,55)(H,43,44,47,49). The van der Waals surface area contributed by atoms with Gasteiger partial charge in [-0.25, -0.2) is 28.7 Å². The molecule has 3 aliphatic heterocycles. The summed E-state index contributed by atoms with van der Waals surface area (Å²) in [5.41, 5.74) is 3.89. The molecular weight excluding hydrogens is 721 g/mol. The van der Waals surface area contributed by atoms with Crippen molar-refractivity contribution in [1.82, 2.24) is 39.6 Å². The van der Waals surface area contributed by atoms with Crippen LogP contribution in [0.5, 0.6) is 0 Å². The monoisotopic (exact) mass is 763 g/mol. The van der Waals surface area contributed by atoms with Crippen LogP contribution in [0.25, 0.3) is 22.3 Å². The molecule has 14 nitrogen and oxygen atoms in total. The Morgan fingerprint density at radius 1 is 0.946 bits per heavy atom. The van der Waals surface area contributed by atoms with Crippen LogP contribution in [-0.2, 0) is 20.9 Å². The number of piperidine rings is 1. The average Bonchev–Trinajstić information content (AvgIpc) is 3.51. The topological polar surface area (TPSA) is 154 Å². The molecule has 3 amide bonds. The maximum absolute atomic E-state index is 15.1.